The van der Waals surface area contributed by atoms with E-state index in [0.29, 0.717) is 6.54 Å². The lowest BCUT2D eigenvalue weighted by Crippen LogP contribution is -2.49. The number of carbonyl (C=O) groups is 2. The Balaban J connectivity index is 1.35. The van der Waals surface area contributed by atoms with Crippen molar-refractivity contribution in [2.75, 3.05) is 26.2 Å². The van der Waals surface area contributed by atoms with Crippen LogP contribution in [0.2, 0.25) is 0 Å². The quantitative estimate of drug-likeness (QED) is 0.525. The largest absolute Gasteiger partial charge is 0.354 e. The van der Waals surface area contributed by atoms with Gasteiger partial charge < -0.3 is 10.6 Å². The number of nitrogens with zero attached hydrogens (tertiary/aromatic N) is 2. The van der Waals surface area contributed by atoms with Crippen molar-refractivity contribution >= 4 is 43.4 Å². The Labute approximate surface area is 184 Å². The minimum absolute atomic E-state index is 0.00401. The monoisotopic (exact) mass is 458 g/mol. The third-order valence-corrected chi connectivity index (χ3v) is 7.87. The van der Waals surface area contributed by atoms with Gasteiger partial charge in [-0.1, -0.05) is 18.2 Å². The van der Waals surface area contributed by atoms with Gasteiger partial charge in [-0.15, -0.1) is 11.3 Å². The molecular weight excluding hydrogens is 436 g/mol. The fourth-order valence-electron chi connectivity index (χ4n) is 3.34. The lowest BCUT2D eigenvalue weighted by molar-refractivity contribution is -0.122. The van der Waals surface area contributed by atoms with Crippen LogP contribution in [0, 0.1) is 0 Å². The van der Waals surface area contributed by atoms with Gasteiger partial charge in [0.25, 0.3) is 5.91 Å². The number of benzene rings is 2. The summed E-state index contributed by atoms with van der Waals surface area (Å²) in [7, 11) is -3.84. The first kappa shape index (κ1) is 21.4. The zero-order chi connectivity index (χ0) is 21.8. The molecule has 0 bridgehead atoms. The summed E-state index contributed by atoms with van der Waals surface area (Å²) in [6.07, 6.45) is 1.48. The fraction of sp³-hybridized carbons (Fsp3) is 0.286. The molecule has 2 heterocycles. The Hall–Kier alpha value is -2.82. The lowest BCUT2D eigenvalue weighted by Gasteiger charge is -2.26. The summed E-state index contributed by atoms with van der Waals surface area (Å²) in [5, 5.41) is 6.46. The standard InChI is InChI=1S/C21H22N4O4S2/c26-19-14-25(12-11-22-19)31(28,29)16-6-3-5-15(13-16)21(27)23-10-4-9-20-24-17-7-1-2-8-18(17)30-20/h1-3,5-8,13H,4,9-12,14H2,(H,22,26)(H,23,27). The zero-order valence-corrected chi connectivity index (χ0v) is 18.3. The molecule has 0 atom stereocenters. The van der Waals surface area contributed by atoms with Crippen LogP contribution >= 0.6 is 11.3 Å². The summed E-state index contributed by atoms with van der Waals surface area (Å²) >= 11 is 1.65. The molecule has 0 saturated carbocycles. The van der Waals surface area contributed by atoms with Crippen LogP contribution in [0.5, 0.6) is 0 Å². The van der Waals surface area contributed by atoms with Crippen LogP contribution in [0.25, 0.3) is 10.2 Å². The highest BCUT2D eigenvalue weighted by molar-refractivity contribution is 7.89. The summed E-state index contributed by atoms with van der Waals surface area (Å²) in [5.74, 6) is -0.672. The molecule has 1 aliphatic rings. The topological polar surface area (TPSA) is 108 Å². The molecule has 10 heteroatoms. The van der Waals surface area contributed by atoms with E-state index < -0.39 is 10.0 Å². The molecule has 1 saturated heterocycles. The van der Waals surface area contributed by atoms with Crippen molar-refractivity contribution in [3.63, 3.8) is 0 Å². The SMILES string of the molecule is O=C1CN(S(=O)(=O)c2cccc(C(=O)NCCCc3nc4ccccc4s3)c2)CCN1. The second kappa shape index (κ2) is 9.13. The minimum Gasteiger partial charge on any atom is -0.354 e. The first-order chi connectivity index (χ1) is 14.9. The Morgan fingerprint density at radius 3 is 2.84 bits per heavy atom. The van der Waals surface area contributed by atoms with E-state index in [2.05, 4.69) is 15.6 Å². The van der Waals surface area contributed by atoms with Crippen molar-refractivity contribution in [3.8, 4) is 0 Å². The van der Waals surface area contributed by atoms with Gasteiger partial charge in [0.2, 0.25) is 15.9 Å². The number of hydrogen-bond acceptors (Lipinski definition) is 6. The number of piperazine rings is 1. The molecule has 162 valence electrons. The van der Waals surface area contributed by atoms with Crippen LogP contribution in [0.1, 0.15) is 21.8 Å². The maximum atomic E-state index is 12.8. The Morgan fingerprint density at radius 1 is 1.19 bits per heavy atom. The van der Waals surface area contributed by atoms with Crippen molar-refractivity contribution in [1.29, 1.82) is 0 Å². The van der Waals surface area contributed by atoms with E-state index >= 15 is 0 Å². The third kappa shape index (κ3) is 4.92. The van der Waals surface area contributed by atoms with Gasteiger partial charge >= 0.3 is 0 Å². The van der Waals surface area contributed by atoms with Crippen LogP contribution < -0.4 is 10.6 Å². The maximum absolute atomic E-state index is 12.8. The van der Waals surface area contributed by atoms with Crippen LogP contribution in [-0.4, -0.2) is 55.7 Å². The Bertz CT molecular complexity index is 1190. The predicted molar refractivity (Wildman–Crippen MR) is 118 cm³/mol. The van der Waals surface area contributed by atoms with Gasteiger partial charge in [0, 0.05) is 31.6 Å². The molecule has 2 N–H and O–H groups in total. The van der Waals surface area contributed by atoms with Crippen LogP contribution in [0.15, 0.2) is 53.4 Å². The average Bonchev–Trinajstić information content (AvgIpc) is 3.19. The van der Waals surface area contributed by atoms with Gasteiger partial charge in [-0.25, -0.2) is 13.4 Å². The molecule has 0 unspecified atom stereocenters. The number of sulfonamides is 1. The molecule has 1 aliphatic heterocycles. The van der Waals surface area contributed by atoms with Crippen molar-refractivity contribution in [1.82, 2.24) is 19.9 Å². The van der Waals surface area contributed by atoms with E-state index in [9.17, 15) is 18.0 Å². The number of amides is 2. The number of carbonyl (C=O) groups excluding carboxylic acids is 2. The second-order valence-electron chi connectivity index (χ2n) is 7.15. The molecule has 1 aromatic heterocycles. The second-order valence-corrected chi connectivity index (χ2v) is 10.2. The number of nitrogens with one attached hydrogen (secondary N) is 2. The molecule has 8 nitrogen and oxygen atoms in total. The highest BCUT2D eigenvalue weighted by Crippen LogP contribution is 2.22. The number of aryl methyl sites for hydroxylation is 1. The van der Waals surface area contributed by atoms with E-state index in [1.807, 2.05) is 24.3 Å². The number of para-hydroxylation sites is 1. The van der Waals surface area contributed by atoms with Crippen molar-refractivity contribution in [2.45, 2.75) is 17.7 Å². The number of aromatic nitrogens is 1. The Kier molecular flexibility index (Phi) is 6.30. The molecule has 0 aliphatic carbocycles. The minimum atomic E-state index is -3.84. The smallest absolute Gasteiger partial charge is 0.251 e. The van der Waals surface area contributed by atoms with Gasteiger partial charge in [0.15, 0.2) is 0 Å². The number of thiazole rings is 1. The molecule has 31 heavy (non-hydrogen) atoms. The summed E-state index contributed by atoms with van der Waals surface area (Å²) in [6, 6.07) is 13.9. The molecule has 1 fully saturated rings. The summed E-state index contributed by atoms with van der Waals surface area (Å²) in [5.41, 5.74) is 1.25. The number of hydrogen-bond donors (Lipinski definition) is 2. The zero-order valence-electron chi connectivity index (χ0n) is 16.7. The summed E-state index contributed by atoms with van der Waals surface area (Å²) in [6.45, 7) is 0.714. The van der Waals surface area contributed by atoms with Crippen LogP contribution in [-0.2, 0) is 21.2 Å². The maximum Gasteiger partial charge on any atom is 0.251 e. The first-order valence-electron chi connectivity index (χ1n) is 9.93. The normalized spacial score (nSPS) is 15.0. The van der Waals surface area contributed by atoms with Gasteiger partial charge in [0.05, 0.1) is 26.7 Å². The number of fused-ring (bicyclic) bond motifs is 1. The van der Waals surface area contributed by atoms with Gasteiger partial charge in [-0.2, -0.15) is 4.31 Å². The first-order valence-corrected chi connectivity index (χ1v) is 12.2. The molecule has 2 aromatic carbocycles. The fourth-order valence-corrected chi connectivity index (χ4v) is 5.79. The average molecular weight is 459 g/mol. The number of rotatable bonds is 7. The molecule has 0 spiro atoms. The van der Waals surface area contributed by atoms with E-state index in [-0.39, 0.29) is 41.9 Å². The molecule has 3 aromatic rings. The van der Waals surface area contributed by atoms with E-state index in [4.69, 9.17) is 0 Å². The molecule has 4 rings (SSSR count). The van der Waals surface area contributed by atoms with Crippen molar-refractivity contribution in [3.05, 3.63) is 59.1 Å². The third-order valence-electron chi connectivity index (χ3n) is 4.93. The molecule has 0 radical (unpaired) electrons. The van der Waals surface area contributed by atoms with Crippen LogP contribution in [0.4, 0.5) is 0 Å². The van der Waals surface area contributed by atoms with Crippen molar-refractivity contribution < 1.29 is 18.0 Å². The van der Waals surface area contributed by atoms with Crippen LogP contribution in [0.3, 0.4) is 0 Å². The Morgan fingerprint density at radius 2 is 2.03 bits per heavy atom. The van der Waals surface area contributed by atoms with Gasteiger partial charge in [-0.3, -0.25) is 9.59 Å². The van der Waals surface area contributed by atoms with E-state index in [1.165, 1.54) is 18.2 Å². The van der Waals surface area contributed by atoms with E-state index in [1.54, 1.807) is 17.4 Å². The lowest BCUT2D eigenvalue weighted by atomic mass is 10.2. The highest BCUT2D eigenvalue weighted by Gasteiger charge is 2.29. The molecular formula is C21H22N4O4S2. The van der Waals surface area contributed by atoms with E-state index in [0.717, 1.165) is 32.4 Å². The van der Waals surface area contributed by atoms with Gasteiger partial charge in [0.1, 0.15) is 0 Å². The summed E-state index contributed by atoms with van der Waals surface area (Å²) in [4.78, 5) is 28.6. The predicted octanol–water partition coefficient (Wildman–Crippen LogP) is 1.78. The van der Waals surface area contributed by atoms with Crippen molar-refractivity contribution in [2.24, 2.45) is 0 Å². The van der Waals surface area contributed by atoms with Gasteiger partial charge in [-0.05, 0) is 36.8 Å². The summed E-state index contributed by atoms with van der Waals surface area (Å²) < 4.78 is 27.9. The highest BCUT2D eigenvalue weighted by atomic mass is 32.2. The molecule has 2 amide bonds.